The molecule has 0 N–H and O–H groups in total. The average molecular weight is 263 g/mol. The van der Waals surface area contributed by atoms with Crippen molar-refractivity contribution in [1.29, 1.82) is 0 Å². The van der Waals surface area contributed by atoms with Crippen LogP contribution in [0.3, 0.4) is 0 Å². The Morgan fingerprint density at radius 2 is 1.95 bits per heavy atom. The predicted molar refractivity (Wildman–Crippen MR) is 71.1 cm³/mol. The number of likely N-dealkylation sites (N-methyl/N-ethyl adjacent to an activating group) is 1. The number of nitro groups is 1. The van der Waals surface area contributed by atoms with Gasteiger partial charge in [0.05, 0.1) is 4.92 Å². The van der Waals surface area contributed by atoms with Gasteiger partial charge in [-0.2, -0.15) is 0 Å². The second-order valence-electron chi connectivity index (χ2n) is 4.88. The number of benzene rings is 1. The highest BCUT2D eigenvalue weighted by Crippen LogP contribution is 2.15. The lowest BCUT2D eigenvalue weighted by molar-refractivity contribution is -0.384. The molecule has 0 radical (unpaired) electrons. The van der Waals surface area contributed by atoms with Crippen LogP contribution < -0.4 is 0 Å². The fourth-order valence-corrected chi connectivity index (χ4v) is 2.14. The molecule has 1 aromatic carbocycles. The number of hydrogen-bond acceptors (Lipinski definition) is 4. The molecule has 0 aromatic heterocycles. The van der Waals surface area contributed by atoms with Gasteiger partial charge in [-0.1, -0.05) is 0 Å². The van der Waals surface area contributed by atoms with Crippen molar-refractivity contribution in [3.05, 3.63) is 39.9 Å². The van der Waals surface area contributed by atoms with E-state index in [-0.39, 0.29) is 11.6 Å². The molecule has 1 atom stereocenters. The highest BCUT2D eigenvalue weighted by Gasteiger charge is 2.25. The first-order chi connectivity index (χ1) is 8.99. The molecule has 2 rings (SSSR count). The minimum absolute atomic E-state index is 0.00305. The normalized spacial score (nSPS) is 20.3. The lowest BCUT2D eigenvalue weighted by Crippen LogP contribution is -2.52. The maximum atomic E-state index is 12.3. The molecular formula is C13H17N3O3. The van der Waals surface area contributed by atoms with Crippen LogP contribution in [0.2, 0.25) is 0 Å². The predicted octanol–water partition coefficient (Wildman–Crippen LogP) is 1.37. The molecule has 6 nitrogen and oxygen atoms in total. The standard InChI is InChI=1S/C13H17N3O3/c1-10-9-15(8-7-14(10)2)13(17)11-3-5-12(6-4-11)16(18)19/h3-6,10H,7-9H2,1-2H3. The number of rotatable bonds is 2. The zero-order valence-corrected chi connectivity index (χ0v) is 11.1. The second kappa shape index (κ2) is 5.36. The number of nitro benzene ring substituents is 1. The van der Waals surface area contributed by atoms with E-state index in [1.807, 2.05) is 7.05 Å². The Balaban J connectivity index is 2.09. The van der Waals surface area contributed by atoms with Crippen LogP contribution in [0, 0.1) is 10.1 Å². The summed E-state index contributed by atoms with van der Waals surface area (Å²) in [4.78, 5) is 26.4. The summed E-state index contributed by atoms with van der Waals surface area (Å²) in [6, 6.07) is 6.10. The average Bonchev–Trinajstić information content (AvgIpc) is 2.41. The molecule has 1 heterocycles. The zero-order valence-electron chi connectivity index (χ0n) is 11.1. The summed E-state index contributed by atoms with van der Waals surface area (Å²) in [5.41, 5.74) is 0.505. The molecule has 1 aliphatic heterocycles. The molecule has 1 unspecified atom stereocenters. The monoisotopic (exact) mass is 263 g/mol. The topological polar surface area (TPSA) is 66.7 Å². The van der Waals surface area contributed by atoms with Crippen LogP contribution in [0.25, 0.3) is 0 Å². The zero-order chi connectivity index (χ0) is 14.0. The molecule has 1 amide bonds. The first kappa shape index (κ1) is 13.5. The van der Waals surface area contributed by atoms with Gasteiger partial charge in [-0.15, -0.1) is 0 Å². The van der Waals surface area contributed by atoms with Crippen molar-refractivity contribution in [2.75, 3.05) is 26.7 Å². The van der Waals surface area contributed by atoms with Crippen LogP contribution in [0.5, 0.6) is 0 Å². The Morgan fingerprint density at radius 1 is 1.32 bits per heavy atom. The number of carbonyl (C=O) groups is 1. The third kappa shape index (κ3) is 2.90. The Morgan fingerprint density at radius 3 is 2.47 bits per heavy atom. The van der Waals surface area contributed by atoms with Crippen molar-refractivity contribution in [1.82, 2.24) is 9.80 Å². The minimum Gasteiger partial charge on any atom is -0.336 e. The molecule has 6 heteroatoms. The summed E-state index contributed by atoms with van der Waals surface area (Å²) >= 11 is 0. The Bertz CT molecular complexity index is 486. The van der Waals surface area contributed by atoms with E-state index in [9.17, 15) is 14.9 Å². The quantitative estimate of drug-likeness (QED) is 0.597. The smallest absolute Gasteiger partial charge is 0.269 e. The minimum atomic E-state index is -0.466. The molecule has 19 heavy (non-hydrogen) atoms. The number of hydrogen-bond donors (Lipinski definition) is 0. The summed E-state index contributed by atoms with van der Waals surface area (Å²) in [6.45, 7) is 4.30. The van der Waals surface area contributed by atoms with E-state index in [2.05, 4.69) is 11.8 Å². The van der Waals surface area contributed by atoms with Gasteiger partial charge in [-0.3, -0.25) is 14.9 Å². The van der Waals surface area contributed by atoms with Gasteiger partial charge in [0.15, 0.2) is 0 Å². The van der Waals surface area contributed by atoms with Gasteiger partial charge in [0.2, 0.25) is 0 Å². The van der Waals surface area contributed by atoms with Gasteiger partial charge in [0.1, 0.15) is 0 Å². The van der Waals surface area contributed by atoms with Crippen molar-refractivity contribution in [3.63, 3.8) is 0 Å². The summed E-state index contributed by atoms with van der Waals surface area (Å²) in [7, 11) is 2.04. The molecule has 1 aliphatic rings. The fourth-order valence-electron chi connectivity index (χ4n) is 2.14. The Hall–Kier alpha value is -1.95. The fraction of sp³-hybridized carbons (Fsp3) is 0.462. The maximum absolute atomic E-state index is 12.3. The molecule has 1 aromatic rings. The van der Waals surface area contributed by atoms with Crippen molar-refractivity contribution in [2.24, 2.45) is 0 Å². The molecule has 0 spiro atoms. The molecule has 1 saturated heterocycles. The SMILES string of the molecule is CC1CN(C(=O)c2ccc([N+](=O)[O-])cc2)CCN1C. The van der Waals surface area contributed by atoms with Crippen LogP contribution in [-0.4, -0.2) is 53.4 Å². The number of non-ortho nitro benzene ring substituents is 1. The first-order valence-electron chi connectivity index (χ1n) is 6.23. The number of carbonyl (C=O) groups excluding carboxylic acids is 1. The summed E-state index contributed by atoms with van der Waals surface area (Å²) in [5, 5.41) is 10.6. The van der Waals surface area contributed by atoms with E-state index < -0.39 is 4.92 Å². The summed E-state index contributed by atoms with van der Waals surface area (Å²) in [5.74, 6) is -0.0603. The van der Waals surface area contributed by atoms with Crippen molar-refractivity contribution in [3.8, 4) is 0 Å². The van der Waals surface area contributed by atoms with Gasteiger partial charge in [-0.05, 0) is 26.1 Å². The number of piperazine rings is 1. The van der Waals surface area contributed by atoms with E-state index in [4.69, 9.17) is 0 Å². The second-order valence-corrected chi connectivity index (χ2v) is 4.88. The largest absolute Gasteiger partial charge is 0.336 e. The molecule has 0 aliphatic carbocycles. The molecular weight excluding hydrogens is 246 g/mol. The van der Waals surface area contributed by atoms with Crippen LogP contribution in [0.1, 0.15) is 17.3 Å². The third-order valence-corrected chi connectivity index (χ3v) is 3.57. The molecule has 0 bridgehead atoms. The molecule has 102 valence electrons. The number of amides is 1. The van der Waals surface area contributed by atoms with Gasteiger partial charge >= 0.3 is 0 Å². The van der Waals surface area contributed by atoms with Gasteiger partial charge in [-0.25, -0.2) is 0 Å². The lowest BCUT2D eigenvalue weighted by Gasteiger charge is -2.37. The third-order valence-electron chi connectivity index (χ3n) is 3.57. The van der Waals surface area contributed by atoms with Crippen molar-refractivity contribution >= 4 is 11.6 Å². The van der Waals surface area contributed by atoms with E-state index in [1.165, 1.54) is 24.3 Å². The Kier molecular flexibility index (Phi) is 3.80. The van der Waals surface area contributed by atoms with Gasteiger partial charge < -0.3 is 9.80 Å². The van der Waals surface area contributed by atoms with E-state index in [0.29, 0.717) is 24.7 Å². The Labute approximate surface area is 111 Å². The maximum Gasteiger partial charge on any atom is 0.269 e. The molecule has 0 saturated carbocycles. The van der Waals surface area contributed by atoms with E-state index in [1.54, 1.807) is 4.90 Å². The lowest BCUT2D eigenvalue weighted by atomic mass is 10.1. The van der Waals surface area contributed by atoms with Crippen molar-refractivity contribution in [2.45, 2.75) is 13.0 Å². The highest BCUT2D eigenvalue weighted by atomic mass is 16.6. The van der Waals surface area contributed by atoms with Gasteiger partial charge in [0.25, 0.3) is 11.6 Å². The summed E-state index contributed by atoms with van der Waals surface area (Å²) < 4.78 is 0. The van der Waals surface area contributed by atoms with Crippen LogP contribution in [0.15, 0.2) is 24.3 Å². The van der Waals surface area contributed by atoms with Crippen molar-refractivity contribution < 1.29 is 9.72 Å². The van der Waals surface area contributed by atoms with E-state index in [0.717, 1.165) is 6.54 Å². The highest BCUT2D eigenvalue weighted by molar-refractivity contribution is 5.94. The molecule has 1 fully saturated rings. The van der Waals surface area contributed by atoms with E-state index >= 15 is 0 Å². The summed E-state index contributed by atoms with van der Waals surface area (Å²) in [6.07, 6.45) is 0. The first-order valence-corrected chi connectivity index (χ1v) is 6.23. The van der Waals surface area contributed by atoms with Crippen LogP contribution in [0.4, 0.5) is 5.69 Å². The number of nitrogens with zero attached hydrogens (tertiary/aromatic N) is 3. The van der Waals surface area contributed by atoms with Crippen LogP contribution in [-0.2, 0) is 0 Å². The van der Waals surface area contributed by atoms with Gasteiger partial charge in [0, 0.05) is 43.4 Å². The van der Waals surface area contributed by atoms with Crippen LogP contribution >= 0.6 is 0 Å².